The van der Waals surface area contributed by atoms with Gasteiger partial charge in [0, 0.05) is 10.0 Å². The highest BCUT2D eigenvalue weighted by molar-refractivity contribution is 9.10. The Balaban J connectivity index is 1.98. The molecule has 19 heavy (non-hydrogen) atoms. The Bertz CT molecular complexity index is 606. The normalized spacial score (nSPS) is 10.6. The van der Waals surface area contributed by atoms with Gasteiger partial charge in [0.1, 0.15) is 0 Å². The molecule has 2 aromatic carbocycles. The van der Waals surface area contributed by atoms with Crippen molar-refractivity contribution in [3.05, 3.63) is 69.7 Å². The molecule has 1 amide bonds. The molecule has 0 aliphatic heterocycles. The topological polar surface area (TPSA) is 41.5 Å². The molecular weight excluding hydrogens is 304 g/mol. The van der Waals surface area contributed by atoms with E-state index in [2.05, 4.69) is 26.5 Å². The highest BCUT2D eigenvalue weighted by Gasteiger charge is 2.02. The van der Waals surface area contributed by atoms with Gasteiger partial charge < -0.3 is 0 Å². The summed E-state index contributed by atoms with van der Waals surface area (Å²) in [6.45, 7) is 2.01. The summed E-state index contributed by atoms with van der Waals surface area (Å²) in [5, 5.41) is 3.95. The van der Waals surface area contributed by atoms with Crippen LogP contribution < -0.4 is 5.43 Å². The summed E-state index contributed by atoms with van der Waals surface area (Å²) in [4.78, 5) is 11.8. The summed E-state index contributed by atoms with van der Waals surface area (Å²) in [5.74, 6) is -0.226. The average molecular weight is 317 g/mol. The zero-order chi connectivity index (χ0) is 13.7. The lowest BCUT2D eigenvalue weighted by Crippen LogP contribution is -2.17. The van der Waals surface area contributed by atoms with Gasteiger partial charge in [0.2, 0.25) is 0 Å². The van der Waals surface area contributed by atoms with Crippen LogP contribution in [0.2, 0.25) is 0 Å². The Hall–Kier alpha value is -1.94. The molecule has 96 valence electrons. The maximum absolute atomic E-state index is 11.8. The SMILES string of the molecule is Cc1cccc(C=NNC(=O)c2ccc(Br)cc2)c1. The number of benzene rings is 2. The van der Waals surface area contributed by atoms with Gasteiger partial charge in [-0.25, -0.2) is 5.43 Å². The zero-order valence-electron chi connectivity index (χ0n) is 10.4. The van der Waals surface area contributed by atoms with Gasteiger partial charge in [-0.05, 0) is 36.8 Å². The summed E-state index contributed by atoms with van der Waals surface area (Å²) in [6.07, 6.45) is 1.63. The predicted molar refractivity (Wildman–Crippen MR) is 80.4 cm³/mol. The summed E-state index contributed by atoms with van der Waals surface area (Å²) in [7, 11) is 0. The monoisotopic (exact) mass is 316 g/mol. The number of halogens is 1. The van der Waals surface area contributed by atoms with E-state index in [-0.39, 0.29) is 5.91 Å². The first kappa shape index (κ1) is 13.5. The molecular formula is C15H13BrN2O. The Kier molecular flexibility index (Phi) is 4.47. The molecule has 2 rings (SSSR count). The van der Waals surface area contributed by atoms with E-state index >= 15 is 0 Å². The fourth-order valence-corrected chi connectivity index (χ4v) is 1.85. The summed E-state index contributed by atoms with van der Waals surface area (Å²) in [5.41, 5.74) is 5.19. The molecule has 0 heterocycles. The van der Waals surface area contributed by atoms with E-state index in [1.54, 1.807) is 18.3 Å². The van der Waals surface area contributed by atoms with Crippen LogP contribution in [0.5, 0.6) is 0 Å². The van der Waals surface area contributed by atoms with Crippen LogP contribution in [-0.4, -0.2) is 12.1 Å². The third kappa shape index (κ3) is 4.03. The van der Waals surface area contributed by atoms with Gasteiger partial charge in [-0.2, -0.15) is 5.10 Å². The molecule has 0 fully saturated rings. The third-order valence-electron chi connectivity index (χ3n) is 2.53. The number of aryl methyl sites for hydroxylation is 1. The number of hydrogen-bond donors (Lipinski definition) is 1. The van der Waals surface area contributed by atoms with Gasteiger partial charge in [-0.3, -0.25) is 4.79 Å². The maximum Gasteiger partial charge on any atom is 0.271 e. The van der Waals surface area contributed by atoms with Gasteiger partial charge in [0.25, 0.3) is 5.91 Å². The standard InChI is InChI=1S/C15H13BrN2O/c1-11-3-2-4-12(9-11)10-17-18-15(19)13-5-7-14(16)8-6-13/h2-10H,1H3,(H,18,19). The Morgan fingerprint density at radius 3 is 2.63 bits per heavy atom. The number of rotatable bonds is 3. The minimum Gasteiger partial charge on any atom is -0.267 e. The minimum absolute atomic E-state index is 0.226. The molecule has 2 aromatic rings. The first-order valence-corrected chi connectivity index (χ1v) is 6.60. The smallest absolute Gasteiger partial charge is 0.267 e. The van der Waals surface area contributed by atoms with E-state index in [1.807, 2.05) is 43.3 Å². The van der Waals surface area contributed by atoms with Crippen molar-refractivity contribution in [2.24, 2.45) is 5.10 Å². The quantitative estimate of drug-likeness (QED) is 0.683. The Morgan fingerprint density at radius 2 is 1.95 bits per heavy atom. The lowest BCUT2D eigenvalue weighted by molar-refractivity contribution is 0.0955. The Morgan fingerprint density at radius 1 is 1.21 bits per heavy atom. The van der Waals surface area contributed by atoms with Gasteiger partial charge in [-0.1, -0.05) is 45.8 Å². The second kappa shape index (κ2) is 6.29. The molecule has 0 spiro atoms. The summed E-state index contributed by atoms with van der Waals surface area (Å²) in [6, 6.07) is 15.0. The van der Waals surface area contributed by atoms with Crippen molar-refractivity contribution < 1.29 is 4.79 Å². The first-order valence-electron chi connectivity index (χ1n) is 5.81. The third-order valence-corrected chi connectivity index (χ3v) is 3.06. The van der Waals surface area contributed by atoms with Crippen molar-refractivity contribution in [1.82, 2.24) is 5.43 Å². The van der Waals surface area contributed by atoms with E-state index in [0.29, 0.717) is 5.56 Å². The lowest BCUT2D eigenvalue weighted by atomic mass is 10.2. The van der Waals surface area contributed by atoms with Crippen LogP contribution in [0.15, 0.2) is 58.1 Å². The number of hydrazone groups is 1. The van der Waals surface area contributed by atoms with Crippen LogP contribution in [0.3, 0.4) is 0 Å². The van der Waals surface area contributed by atoms with Crippen molar-refractivity contribution in [3.63, 3.8) is 0 Å². The summed E-state index contributed by atoms with van der Waals surface area (Å²) >= 11 is 3.32. The van der Waals surface area contributed by atoms with Crippen LogP contribution in [0, 0.1) is 6.92 Å². The van der Waals surface area contributed by atoms with Crippen LogP contribution in [0.1, 0.15) is 21.5 Å². The van der Waals surface area contributed by atoms with E-state index in [1.165, 1.54) is 0 Å². The molecule has 0 saturated heterocycles. The summed E-state index contributed by atoms with van der Waals surface area (Å²) < 4.78 is 0.937. The highest BCUT2D eigenvalue weighted by atomic mass is 79.9. The average Bonchev–Trinajstić information content (AvgIpc) is 2.39. The molecule has 0 unspecified atom stereocenters. The number of nitrogens with one attached hydrogen (secondary N) is 1. The number of carbonyl (C=O) groups excluding carboxylic acids is 1. The van der Waals surface area contributed by atoms with Gasteiger partial charge in [-0.15, -0.1) is 0 Å². The van der Waals surface area contributed by atoms with E-state index in [0.717, 1.165) is 15.6 Å². The van der Waals surface area contributed by atoms with Crippen molar-refractivity contribution in [3.8, 4) is 0 Å². The Labute approximate surface area is 120 Å². The van der Waals surface area contributed by atoms with Crippen molar-refractivity contribution in [2.75, 3.05) is 0 Å². The molecule has 0 aliphatic rings. The van der Waals surface area contributed by atoms with Crippen LogP contribution in [0.4, 0.5) is 0 Å². The van der Waals surface area contributed by atoms with E-state index in [4.69, 9.17) is 0 Å². The number of nitrogens with zero attached hydrogens (tertiary/aromatic N) is 1. The molecule has 0 aromatic heterocycles. The molecule has 3 nitrogen and oxygen atoms in total. The molecule has 4 heteroatoms. The van der Waals surface area contributed by atoms with Gasteiger partial charge >= 0.3 is 0 Å². The van der Waals surface area contributed by atoms with Crippen LogP contribution in [-0.2, 0) is 0 Å². The van der Waals surface area contributed by atoms with Crippen LogP contribution in [0.25, 0.3) is 0 Å². The molecule has 0 aliphatic carbocycles. The minimum atomic E-state index is -0.226. The van der Waals surface area contributed by atoms with Crippen molar-refractivity contribution in [2.45, 2.75) is 6.92 Å². The molecule has 0 bridgehead atoms. The molecule has 0 atom stereocenters. The zero-order valence-corrected chi connectivity index (χ0v) is 12.0. The van der Waals surface area contributed by atoms with E-state index < -0.39 is 0 Å². The van der Waals surface area contributed by atoms with Crippen LogP contribution >= 0.6 is 15.9 Å². The van der Waals surface area contributed by atoms with Gasteiger partial charge in [0.05, 0.1) is 6.21 Å². The number of hydrogen-bond acceptors (Lipinski definition) is 2. The van der Waals surface area contributed by atoms with Gasteiger partial charge in [0.15, 0.2) is 0 Å². The maximum atomic E-state index is 11.8. The van der Waals surface area contributed by atoms with Crippen molar-refractivity contribution in [1.29, 1.82) is 0 Å². The highest BCUT2D eigenvalue weighted by Crippen LogP contribution is 2.10. The second-order valence-electron chi connectivity index (χ2n) is 4.12. The fraction of sp³-hybridized carbons (Fsp3) is 0.0667. The first-order chi connectivity index (χ1) is 9.15. The molecule has 0 radical (unpaired) electrons. The molecule has 1 N–H and O–H groups in total. The fourth-order valence-electron chi connectivity index (χ4n) is 1.58. The predicted octanol–water partition coefficient (Wildman–Crippen LogP) is 3.52. The largest absolute Gasteiger partial charge is 0.271 e. The number of carbonyl (C=O) groups is 1. The lowest BCUT2D eigenvalue weighted by Gasteiger charge is -2.00. The van der Waals surface area contributed by atoms with E-state index in [9.17, 15) is 4.79 Å². The second-order valence-corrected chi connectivity index (χ2v) is 5.04. The molecule has 0 saturated carbocycles. The number of amides is 1. The van der Waals surface area contributed by atoms with Crippen molar-refractivity contribution >= 4 is 28.1 Å².